The Morgan fingerprint density at radius 3 is 2.62 bits per heavy atom. The highest BCUT2D eigenvalue weighted by atomic mass is 32.2. The Labute approximate surface area is 194 Å². The van der Waals surface area contributed by atoms with Crippen molar-refractivity contribution in [2.75, 3.05) is 45.9 Å². The minimum absolute atomic E-state index is 0.0742. The number of carbonyl (C=O) groups excluding carboxylic acids is 1. The van der Waals surface area contributed by atoms with Crippen molar-refractivity contribution in [2.24, 2.45) is 5.92 Å². The Morgan fingerprint density at radius 2 is 1.94 bits per heavy atom. The van der Waals surface area contributed by atoms with Crippen LogP contribution in [0.15, 0.2) is 46.0 Å². The van der Waals surface area contributed by atoms with E-state index in [-0.39, 0.29) is 24.4 Å². The van der Waals surface area contributed by atoms with Crippen LogP contribution in [0.2, 0.25) is 0 Å². The zero-order valence-corrected chi connectivity index (χ0v) is 20.0. The van der Waals surface area contributed by atoms with E-state index in [2.05, 4.69) is 34.5 Å². The third-order valence-electron chi connectivity index (χ3n) is 6.18. The molecule has 3 heterocycles. The van der Waals surface area contributed by atoms with Crippen LogP contribution in [0.1, 0.15) is 30.0 Å². The van der Waals surface area contributed by atoms with Crippen LogP contribution < -0.4 is 5.32 Å². The Bertz CT molecular complexity index is 987. The standard InChI is InChI=1S/C23H31N3O4S2/c1-18-6-8-19(9-7-18)21(17-25-11-13-30-14-12-25)24-23(27)20-4-2-10-26(16-20)32(28,29)22-5-3-15-31-22/h3,5-9,15,20-21H,2,4,10-14,16-17H2,1H3,(H,24,27). The summed E-state index contributed by atoms with van der Waals surface area (Å²) in [7, 11) is -3.54. The van der Waals surface area contributed by atoms with Gasteiger partial charge in [-0.3, -0.25) is 9.69 Å². The molecular formula is C23H31N3O4S2. The van der Waals surface area contributed by atoms with Crippen LogP contribution in [-0.2, 0) is 19.6 Å². The van der Waals surface area contributed by atoms with E-state index < -0.39 is 10.0 Å². The van der Waals surface area contributed by atoms with E-state index in [1.165, 1.54) is 21.2 Å². The maximum Gasteiger partial charge on any atom is 0.252 e. The summed E-state index contributed by atoms with van der Waals surface area (Å²) in [5, 5.41) is 5.00. The quantitative estimate of drug-likeness (QED) is 0.663. The number of hydrogen-bond acceptors (Lipinski definition) is 6. The van der Waals surface area contributed by atoms with Crippen molar-refractivity contribution in [3.05, 3.63) is 52.9 Å². The van der Waals surface area contributed by atoms with Crippen LogP contribution in [0.5, 0.6) is 0 Å². The predicted molar refractivity (Wildman–Crippen MR) is 125 cm³/mol. The lowest BCUT2D eigenvalue weighted by atomic mass is 9.97. The molecule has 1 aromatic heterocycles. The van der Waals surface area contributed by atoms with Gasteiger partial charge >= 0.3 is 0 Å². The van der Waals surface area contributed by atoms with Crippen molar-refractivity contribution in [1.82, 2.24) is 14.5 Å². The molecule has 0 saturated carbocycles. The molecule has 1 N–H and O–H groups in total. The molecule has 174 valence electrons. The molecule has 0 radical (unpaired) electrons. The second-order valence-electron chi connectivity index (χ2n) is 8.52. The van der Waals surface area contributed by atoms with Crippen molar-refractivity contribution in [3.8, 4) is 0 Å². The number of rotatable bonds is 7. The largest absolute Gasteiger partial charge is 0.379 e. The highest BCUT2D eigenvalue weighted by Gasteiger charge is 2.34. The van der Waals surface area contributed by atoms with Gasteiger partial charge in [0.1, 0.15) is 4.21 Å². The maximum atomic E-state index is 13.3. The first-order valence-electron chi connectivity index (χ1n) is 11.1. The summed E-state index contributed by atoms with van der Waals surface area (Å²) in [5.74, 6) is -0.425. The molecule has 1 amide bonds. The van der Waals surface area contributed by atoms with E-state index in [1.807, 2.05) is 6.92 Å². The van der Waals surface area contributed by atoms with Crippen molar-refractivity contribution in [1.29, 1.82) is 0 Å². The molecule has 32 heavy (non-hydrogen) atoms. The van der Waals surface area contributed by atoms with Gasteiger partial charge in [-0.05, 0) is 36.8 Å². The van der Waals surface area contributed by atoms with Crippen LogP contribution in [0.3, 0.4) is 0 Å². The Hall–Kier alpha value is -1.78. The molecule has 4 rings (SSSR count). The summed E-state index contributed by atoms with van der Waals surface area (Å²) in [5.41, 5.74) is 2.24. The summed E-state index contributed by atoms with van der Waals surface area (Å²) in [6.45, 7) is 6.53. The van der Waals surface area contributed by atoms with Crippen LogP contribution in [-0.4, -0.2) is 69.5 Å². The summed E-state index contributed by atoms with van der Waals surface area (Å²) in [6, 6.07) is 11.5. The fourth-order valence-electron chi connectivity index (χ4n) is 4.28. The number of benzene rings is 1. The predicted octanol–water partition coefficient (Wildman–Crippen LogP) is 2.65. The minimum atomic E-state index is -3.54. The topological polar surface area (TPSA) is 79.0 Å². The molecule has 7 nitrogen and oxygen atoms in total. The van der Waals surface area contributed by atoms with Gasteiger partial charge in [-0.2, -0.15) is 4.31 Å². The second kappa shape index (κ2) is 10.4. The van der Waals surface area contributed by atoms with Gasteiger partial charge in [-0.1, -0.05) is 35.9 Å². The normalized spacial score (nSPS) is 21.8. The van der Waals surface area contributed by atoms with E-state index in [1.54, 1.807) is 17.5 Å². The van der Waals surface area contributed by atoms with Gasteiger partial charge in [0.25, 0.3) is 10.0 Å². The highest BCUT2D eigenvalue weighted by Crippen LogP contribution is 2.27. The number of nitrogens with zero attached hydrogens (tertiary/aromatic N) is 2. The van der Waals surface area contributed by atoms with Crippen LogP contribution >= 0.6 is 11.3 Å². The van der Waals surface area contributed by atoms with E-state index in [0.29, 0.717) is 43.4 Å². The lowest BCUT2D eigenvalue weighted by molar-refractivity contribution is -0.127. The first-order valence-corrected chi connectivity index (χ1v) is 13.5. The minimum Gasteiger partial charge on any atom is -0.379 e. The fraction of sp³-hybridized carbons (Fsp3) is 0.522. The summed E-state index contributed by atoms with van der Waals surface area (Å²) in [4.78, 5) is 15.6. The smallest absolute Gasteiger partial charge is 0.252 e. The van der Waals surface area contributed by atoms with Gasteiger partial charge in [-0.25, -0.2) is 8.42 Å². The molecule has 2 fully saturated rings. The number of hydrogen-bond donors (Lipinski definition) is 1. The molecule has 0 aliphatic carbocycles. The molecule has 9 heteroatoms. The second-order valence-corrected chi connectivity index (χ2v) is 11.6. The molecule has 1 aromatic carbocycles. The van der Waals surface area contributed by atoms with Crippen molar-refractivity contribution in [3.63, 3.8) is 0 Å². The fourth-order valence-corrected chi connectivity index (χ4v) is 6.95. The third-order valence-corrected chi connectivity index (χ3v) is 9.42. The average molecular weight is 478 g/mol. The Balaban J connectivity index is 1.46. The summed E-state index contributed by atoms with van der Waals surface area (Å²) >= 11 is 1.22. The van der Waals surface area contributed by atoms with Crippen molar-refractivity contribution in [2.45, 2.75) is 30.0 Å². The molecular weight excluding hydrogens is 446 g/mol. The Kier molecular flexibility index (Phi) is 7.63. The number of piperidine rings is 1. The number of morpholine rings is 1. The number of carbonyl (C=O) groups is 1. The first kappa shape index (κ1) is 23.4. The van der Waals surface area contributed by atoms with Crippen LogP contribution in [0.25, 0.3) is 0 Å². The third kappa shape index (κ3) is 5.58. The van der Waals surface area contributed by atoms with Gasteiger partial charge in [0.05, 0.1) is 25.2 Å². The number of aryl methyl sites for hydroxylation is 1. The molecule has 0 spiro atoms. The summed E-state index contributed by atoms with van der Waals surface area (Å²) in [6.07, 6.45) is 1.38. The molecule has 2 saturated heterocycles. The number of sulfonamides is 1. The number of ether oxygens (including phenoxy) is 1. The molecule has 2 unspecified atom stereocenters. The van der Waals surface area contributed by atoms with Crippen LogP contribution in [0.4, 0.5) is 0 Å². The van der Waals surface area contributed by atoms with Crippen molar-refractivity contribution >= 4 is 27.3 Å². The SMILES string of the molecule is Cc1ccc(C(CN2CCOCC2)NC(=O)C2CCCN(S(=O)(=O)c3cccs3)C2)cc1. The van der Waals surface area contributed by atoms with E-state index in [0.717, 1.165) is 18.7 Å². The zero-order chi connectivity index (χ0) is 22.6. The van der Waals surface area contributed by atoms with Gasteiger partial charge < -0.3 is 10.1 Å². The van der Waals surface area contributed by atoms with Gasteiger partial charge in [-0.15, -0.1) is 11.3 Å². The van der Waals surface area contributed by atoms with E-state index >= 15 is 0 Å². The first-order chi connectivity index (χ1) is 15.4. The zero-order valence-electron chi connectivity index (χ0n) is 18.4. The molecule has 2 atom stereocenters. The van der Waals surface area contributed by atoms with E-state index in [4.69, 9.17) is 4.74 Å². The lowest BCUT2D eigenvalue weighted by Crippen LogP contribution is -2.48. The number of thiophene rings is 1. The maximum absolute atomic E-state index is 13.3. The lowest BCUT2D eigenvalue weighted by Gasteiger charge is -2.34. The van der Waals surface area contributed by atoms with Gasteiger partial charge in [0.2, 0.25) is 5.91 Å². The molecule has 2 aliphatic heterocycles. The van der Waals surface area contributed by atoms with Crippen molar-refractivity contribution < 1.29 is 17.9 Å². The molecule has 2 aliphatic rings. The average Bonchev–Trinajstić information content (AvgIpc) is 3.36. The van der Waals surface area contributed by atoms with Gasteiger partial charge in [0, 0.05) is 32.7 Å². The molecule has 0 bridgehead atoms. The number of nitrogens with one attached hydrogen (secondary N) is 1. The van der Waals surface area contributed by atoms with Gasteiger partial charge in [0.15, 0.2) is 0 Å². The Morgan fingerprint density at radius 1 is 1.19 bits per heavy atom. The summed E-state index contributed by atoms with van der Waals surface area (Å²) < 4.78 is 33.1. The monoisotopic (exact) mass is 477 g/mol. The highest BCUT2D eigenvalue weighted by molar-refractivity contribution is 7.91. The van der Waals surface area contributed by atoms with Crippen LogP contribution in [0, 0.1) is 12.8 Å². The molecule has 2 aromatic rings. The number of amides is 1. The van der Waals surface area contributed by atoms with E-state index in [9.17, 15) is 13.2 Å².